The number of hydrogen-bond acceptors (Lipinski definition) is 8. The summed E-state index contributed by atoms with van der Waals surface area (Å²) in [5.41, 5.74) is 2.51. The van der Waals surface area contributed by atoms with Gasteiger partial charge >= 0.3 is 23.9 Å². The highest BCUT2D eigenvalue weighted by molar-refractivity contribution is 6.04. The smallest absolute Gasteiger partial charge is 0.339 e. The SMILES string of the molecule is CCCCCCCCOC(=O)c1ccc(-c2ccc(C(=O)OCCCCCCCC)c(C(=O)OCCCCCCCC)c2)c(C(CC)C(=O)OCCCCCCCC)c1. The Labute approximate surface area is 358 Å². The summed E-state index contributed by atoms with van der Waals surface area (Å²) in [7, 11) is 0. The normalized spacial score (nSPS) is 11.6. The van der Waals surface area contributed by atoms with Gasteiger partial charge in [-0.3, -0.25) is 4.79 Å². The molecule has 0 aliphatic heterocycles. The lowest BCUT2D eigenvalue weighted by Gasteiger charge is -2.20. The Hall–Kier alpha value is -3.68. The van der Waals surface area contributed by atoms with Crippen molar-refractivity contribution in [3.63, 3.8) is 0 Å². The highest BCUT2D eigenvalue weighted by Crippen LogP contribution is 2.35. The molecule has 1 atom stereocenters. The Morgan fingerprint density at radius 3 is 1.29 bits per heavy atom. The Bertz CT molecular complexity index is 1470. The highest BCUT2D eigenvalue weighted by atomic mass is 16.5. The predicted octanol–water partition coefficient (Wildman–Crippen LogP) is 14.3. The number of ether oxygens (including phenoxy) is 4. The molecule has 0 saturated heterocycles. The average Bonchev–Trinajstić information content (AvgIpc) is 3.25. The van der Waals surface area contributed by atoms with Gasteiger partial charge in [-0.25, -0.2) is 14.4 Å². The van der Waals surface area contributed by atoms with Gasteiger partial charge in [0, 0.05) is 0 Å². The monoisotopic (exact) mass is 821 g/mol. The van der Waals surface area contributed by atoms with Crippen molar-refractivity contribution in [2.75, 3.05) is 26.4 Å². The number of unbranched alkanes of at least 4 members (excludes halogenated alkanes) is 20. The first-order valence-electron chi connectivity index (χ1n) is 23.8. The molecular formula is C51H80O8. The molecule has 0 spiro atoms. The summed E-state index contributed by atoms with van der Waals surface area (Å²) in [5.74, 6) is -2.61. The maximum Gasteiger partial charge on any atom is 0.339 e. The molecule has 2 aromatic rings. The Balaban J connectivity index is 2.43. The van der Waals surface area contributed by atoms with Crippen LogP contribution in [0.2, 0.25) is 0 Å². The van der Waals surface area contributed by atoms with Crippen LogP contribution in [0.1, 0.15) is 238 Å². The largest absolute Gasteiger partial charge is 0.465 e. The van der Waals surface area contributed by atoms with Crippen LogP contribution in [0.15, 0.2) is 36.4 Å². The Morgan fingerprint density at radius 2 is 0.831 bits per heavy atom. The van der Waals surface area contributed by atoms with E-state index in [4.69, 9.17) is 18.9 Å². The van der Waals surface area contributed by atoms with Gasteiger partial charge in [-0.15, -0.1) is 0 Å². The second-order valence-corrected chi connectivity index (χ2v) is 16.2. The van der Waals surface area contributed by atoms with E-state index in [2.05, 4.69) is 27.7 Å². The molecule has 0 aliphatic carbocycles. The zero-order chi connectivity index (χ0) is 42.9. The van der Waals surface area contributed by atoms with E-state index in [-0.39, 0.29) is 30.3 Å². The van der Waals surface area contributed by atoms with Crippen LogP contribution in [0.25, 0.3) is 11.1 Å². The van der Waals surface area contributed by atoms with Crippen LogP contribution < -0.4 is 0 Å². The zero-order valence-corrected chi connectivity index (χ0v) is 37.8. The van der Waals surface area contributed by atoms with Crippen molar-refractivity contribution in [3.05, 3.63) is 58.7 Å². The molecule has 2 aromatic carbocycles. The second kappa shape index (κ2) is 33.1. The van der Waals surface area contributed by atoms with E-state index in [0.717, 1.165) is 89.9 Å². The molecule has 0 aliphatic rings. The third-order valence-corrected chi connectivity index (χ3v) is 11.1. The molecule has 2 rings (SSSR count). The van der Waals surface area contributed by atoms with Crippen LogP contribution in [0.5, 0.6) is 0 Å². The summed E-state index contributed by atoms with van der Waals surface area (Å²) in [6.07, 6.45) is 26.1. The number of carbonyl (C=O) groups excluding carboxylic acids is 4. The summed E-state index contributed by atoms with van der Waals surface area (Å²) in [6, 6.07) is 10.3. The lowest BCUT2D eigenvalue weighted by Crippen LogP contribution is -2.18. The van der Waals surface area contributed by atoms with Crippen molar-refractivity contribution in [2.45, 2.75) is 201 Å². The number of esters is 4. The fourth-order valence-corrected chi connectivity index (χ4v) is 7.35. The van der Waals surface area contributed by atoms with Gasteiger partial charge in [-0.2, -0.15) is 0 Å². The van der Waals surface area contributed by atoms with Gasteiger partial charge in [0.1, 0.15) is 0 Å². The van der Waals surface area contributed by atoms with Crippen LogP contribution in [0.3, 0.4) is 0 Å². The zero-order valence-electron chi connectivity index (χ0n) is 37.8. The van der Waals surface area contributed by atoms with Crippen LogP contribution in [0, 0.1) is 0 Å². The molecule has 8 heteroatoms. The van der Waals surface area contributed by atoms with Gasteiger partial charge in [0.05, 0.1) is 49.0 Å². The topological polar surface area (TPSA) is 105 Å². The van der Waals surface area contributed by atoms with Gasteiger partial charge in [-0.05, 0) is 73.1 Å². The molecule has 0 bridgehead atoms. The van der Waals surface area contributed by atoms with Crippen molar-refractivity contribution >= 4 is 23.9 Å². The fraction of sp³-hybridized carbons (Fsp3) is 0.686. The molecule has 0 saturated carbocycles. The molecule has 0 amide bonds. The number of benzene rings is 2. The average molecular weight is 821 g/mol. The molecule has 0 N–H and O–H groups in total. The molecule has 0 fully saturated rings. The first-order chi connectivity index (χ1) is 28.8. The Morgan fingerprint density at radius 1 is 0.424 bits per heavy atom. The summed E-state index contributed by atoms with van der Waals surface area (Å²) >= 11 is 0. The maximum absolute atomic E-state index is 13.8. The minimum atomic E-state index is -0.665. The van der Waals surface area contributed by atoms with Crippen molar-refractivity contribution in [1.82, 2.24) is 0 Å². The molecule has 0 aromatic heterocycles. The minimum Gasteiger partial charge on any atom is -0.465 e. The fourth-order valence-electron chi connectivity index (χ4n) is 7.35. The van der Waals surface area contributed by atoms with E-state index in [1.807, 2.05) is 6.92 Å². The number of carbonyl (C=O) groups is 4. The standard InChI is InChI=1S/C51H80O8/c1-6-11-15-19-23-27-35-56-48(52)42-32-33-44(46(40-42)43(10-5)49(53)57-36-28-24-20-16-12-7-2)41-31-34-45(50(54)58-37-29-25-21-17-13-8-3)47(39-41)51(55)59-38-30-26-22-18-14-9-4/h31-34,39-40,43H,6-30,35-38H2,1-5H3. The van der Waals surface area contributed by atoms with Crippen LogP contribution in [-0.2, 0) is 23.7 Å². The van der Waals surface area contributed by atoms with E-state index in [0.29, 0.717) is 41.9 Å². The van der Waals surface area contributed by atoms with Gasteiger partial charge in [-0.1, -0.05) is 175 Å². The summed E-state index contributed by atoms with van der Waals surface area (Å²) in [6.45, 7) is 11.9. The lowest BCUT2D eigenvalue weighted by atomic mass is 9.86. The lowest BCUT2D eigenvalue weighted by molar-refractivity contribution is -0.145. The molecule has 0 radical (unpaired) electrons. The quantitative estimate of drug-likeness (QED) is 0.0384. The predicted molar refractivity (Wildman–Crippen MR) is 240 cm³/mol. The molecular weight excluding hydrogens is 741 g/mol. The van der Waals surface area contributed by atoms with Gasteiger partial charge in [0.25, 0.3) is 0 Å². The third-order valence-electron chi connectivity index (χ3n) is 11.1. The van der Waals surface area contributed by atoms with E-state index >= 15 is 0 Å². The molecule has 1 unspecified atom stereocenters. The van der Waals surface area contributed by atoms with Gasteiger partial charge in [0.15, 0.2) is 0 Å². The first-order valence-corrected chi connectivity index (χ1v) is 23.8. The van der Waals surface area contributed by atoms with Crippen LogP contribution >= 0.6 is 0 Å². The van der Waals surface area contributed by atoms with Crippen LogP contribution in [0.4, 0.5) is 0 Å². The minimum absolute atomic E-state index is 0.119. The number of hydrogen-bond donors (Lipinski definition) is 0. The van der Waals surface area contributed by atoms with Crippen molar-refractivity contribution in [1.29, 1.82) is 0 Å². The van der Waals surface area contributed by atoms with Gasteiger partial charge < -0.3 is 18.9 Å². The van der Waals surface area contributed by atoms with Crippen LogP contribution in [-0.4, -0.2) is 50.3 Å². The summed E-state index contributed by atoms with van der Waals surface area (Å²) < 4.78 is 23.0. The van der Waals surface area contributed by atoms with Crippen molar-refractivity contribution in [3.8, 4) is 11.1 Å². The molecule has 0 heterocycles. The van der Waals surface area contributed by atoms with Crippen molar-refractivity contribution < 1.29 is 38.1 Å². The van der Waals surface area contributed by atoms with Crippen molar-refractivity contribution in [2.24, 2.45) is 0 Å². The van der Waals surface area contributed by atoms with Gasteiger partial charge in [0.2, 0.25) is 0 Å². The Kier molecular flexibility index (Phi) is 28.9. The number of rotatable bonds is 35. The summed E-state index contributed by atoms with van der Waals surface area (Å²) in [4.78, 5) is 54.4. The highest BCUT2D eigenvalue weighted by Gasteiger charge is 2.27. The molecule has 59 heavy (non-hydrogen) atoms. The molecule has 8 nitrogen and oxygen atoms in total. The van der Waals surface area contributed by atoms with E-state index in [9.17, 15) is 19.2 Å². The maximum atomic E-state index is 13.8. The first kappa shape index (κ1) is 51.5. The molecule has 332 valence electrons. The third kappa shape index (κ3) is 20.9. The summed E-state index contributed by atoms with van der Waals surface area (Å²) in [5, 5.41) is 0. The second-order valence-electron chi connectivity index (χ2n) is 16.2. The van der Waals surface area contributed by atoms with E-state index < -0.39 is 23.8 Å². The van der Waals surface area contributed by atoms with E-state index in [1.54, 1.807) is 36.4 Å². The van der Waals surface area contributed by atoms with E-state index in [1.165, 1.54) is 64.2 Å².